The highest BCUT2D eigenvalue weighted by atomic mass is 16.5. The number of anilines is 2. The summed E-state index contributed by atoms with van der Waals surface area (Å²) < 4.78 is 5.18. The number of rotatable bonds is 4. The van der Waals surface area contributed by atoms with Gasteiger partial charge in [-0.2, -0.15) is 0 Å². The van der Waals surface area contributed by atoms with Crippen LogP contribution >= 0.6 is 0 Å². The number of hydrogen-bond acceptors (Lipinski definition) is 3. The maximum atomic E-state index is 13.2. The Kier molecular flexibility index (Phi) is 4.64. The van der Waals surface area contributed by atoms with Crippen molar-refractivity contribution in [2.24, 2.45) is 0 Å². The molecule has 3 aromatic rings. The number of carbonyl (C=O) groups excluding carboxylic acids is 2. The van der Waals surface area contributed by atoms with Crippen LogP contribution in [0.25, 0.3) is 6.08 Å². The van der Waals surface area contributed by atoms with Gasteiger partial charge in [-0.15, -0.1) is 0 Å². The van der Waals surface area contributed by atoms with Gasteiger partial charge in [0.25, 0.3) is 5.91 Å². The number of imide groups is 1. The summed E-state index contributed by atoms with van der Waals surface area (Å²) in [6.07, 6.45) is 1.72. The van der Waals surface area contributed by atoms with E-state index in [1.54, 1.807) is 37.5 Å². The zero-order valence-corrected chi connectivity index (χ0v) is 15.3. The predicted molar refractivity (Wildman–Crippen MR) is 109 cm³/mol. The second-order valence-electron chi connectivity index (χ2n) is 6.23. The molecule has 4 rings (SSSR count). The SMILES string of the molecule is COc1ccc(/C=C2\C(=O)N(c3ccccc3)C(=O)N2c2ccccc2)cc1. The first-order valence-electron chi connectivity index (χ1n) is 8.83. The summed E-state index contributed by atoms with van der Waals surface area (Å²) in [5.41, 5.74) is 2.27. The highest BCUT2D eigenvalue weighted by Gasteiger charge is 2.42. The van der Waals surface area contributed by atoms with Crippen molar-refractivity contribution in [3.8, 4) is 5.75 Å². The number of carbonyl (C=O) groups is 2. The Labute approximate surface area is 163 Å². The van der Waals surface area contributed by atoms with E-state index in [9.17, 15) is 9.59 Å². The van der Waals surface area contributed by atoms with Crippen LogP contribution in [0.3, 0.4) is 0 Å². The Morgan fingerprint density at radius 2 is 1.25 bits per heavy atom. The van der Waals surface area contributed by atoms with Gasteiger partial charge < -0.3 is 4.74 Å². The maximum Gasteiger partial charge on any atom is 0.340 e. The van der Waals surface area contributed by atoms with Gasteiger partial charge in [-0.1, -0.05) is 48.5 Å². The Hall–Kier alpha value is -3.86. The third-order valence-electron chi connectivity index (χ3n) is 4.49. The second-order valence-corrected chi connectivity index (χ2v) is 6.23. The highest BCUT2D eigenvalue weighted by molar-refractivity contribution is 6.35. The molecule has 5 nitrogen and oxygen atoms in total. The van der Waals surface area contributed by atoms with Gasteiger partial charge in [0.1, 0.15) is 11.4 Å². The summed E-state index contributed by atoms with van der Waals surface area (Å²) in [7, 11) is 1.60. The molecule has 1 aliphatic heterocycles. The molecule has 1 aliphatic rings. The molecule has 1 fully saturated rings. The van der Waals surface area contributed by atoms with Crippen molar-refractivity contribution in [1.29, 1.82) is 0 Å². The molecule has 138 valence electrons. The van der Waals surface area contributed by atoms with Gasteiger partial charge in [-0.3, -0.25) is 9.69 Å². The minimum atomic E-state index is -0.401. The molecule has 0 saturated carbocycles. The quantitative estimate of drug-likeness (QED) is 0.494. The summed E-state index contributed by atoms with van der Waals surface area (Å²) in [5.74, 6) is 0.359. The molecule has 0 aliphatic carbocycles. The lowest BCUT2D eigenvalue weighted by atomic mass is 10.1. The van der Waals surface area contributed by atoms with Crippen molar-refractivity contribution in [3.05, 3.63) is 96.2 Å². The summed E-state index contributed by atoms with van der Waals surface area (Å²) in [5, 5.41) is 0. The van der Waals surface area contributed by atoms with E-state index in [0.717, 1.165) is 11.3 Å². The molecular weight excluding hydrogens is 352 g/mol. The molecule has 3 amide bonds. The number of para-hydroxylation sites is 2. The number of ether oxygens (including phenoxy) is 1. The smallest absolute Gasteiger partial charge is 0.340 e. The van der Waals surface area contributed by atoms with Gasteiger partial charge in [0.05, 0.1) is 18.5 Å². The average Bonchev–Trinajstić information content (AvgIpc) is 2.99. The zero-order chi connectivity index (χ0) is 19.5. The average molecular weight is 370 g/mol. The van der Waals surface area contributed by atoms with Crippen LogP contribution < -0.4 is 14.5 Å². The van der Waals surface area contributed by atoms with E-state index in [1.165, 1.54) is 9.80 Å². The number of nitrogens with zero attached hydrogens (tertiary/aromatic N) is 2. The van der Waals surface area contributed by atoms with Gasteiger partial charge in [-0.05, 0) is 48.0 Å². The van der Waals surface area contributed by atoms with Gasteiger partial charge in [0.2, 0.25) is 0 Å². The first-order chi connectivity index (χ1) is 13.7. The summed E-state index contributed by atoms with van der Waals surface area (Å²) in [6, 6.07) is 25.0. The number of urea groups is 1. The Morgan fingerprint density at radius 1 is 0.714 bits per heavy atom. The molecule has 1 saturated heterocycles. The highest BCUT2D eigenvalue weighted by Crippen LogP contribution is 2.33. The predicted octanol–water partition coefficient (Wildman–Crippen LogP) is 4.71. The van der Waals surface area contributed by atoms with Gasteiger partial charge in [0.15, 0.2) is 0 Å². The second kappa shape index (κ2) is 7.40. The lowest BCUT2D eigenvalue weighted by Crippen LogP contribution is -2.32. The van der Waals surface area contributed by atoms with E-state index in [1.807, 2.05) is 60.7 Å². The molecule has 5 heteroatoms. The fraction of sp³-hybridized carbons (Fsp3) is 0.0435. The van der Waals surface area contributed by atoms with Crippen molar-refractivity contribution in [2.45, 2.75) is 0 Å². The summed E-state index contributed by atoms with van der Waals surface area (Å²) >= 11 is 0. The number of methoxy groups -OCH3 is 1. The molecule has 0 aromatic heterocycles. The van der Waals surface area contributed by atoms with Gasteiger partial charge in [-0.25, -0.2) is 9.69 Å². The fourth-order valence-electron chi connectivity index (χ4n) is 3.12. The van der Waals surface area contributed by atoms with Crippen LogP contribution in [-0.2, 0) is 4.79 Å². The van der Waals surface area contributed by atoms with Crippen molar-refractivity contribution in [2.75, 3.05) is 16.9 Å². The van der Waals surface area contributed by atoms with Gasteiger partial charge >= 0.3 is 6.03 Å². The van der Waals surface area contributed by atoms with Crippen molar-refractivity contribution >= 4 is 29.4 Å². The third-order valence-corrected chi connectivity index (χ3v) is 4.49. The van der Waals surface area contributed by atoms with Crippen LogP contribution in [0.4, 0.5) is 16.2 Å². The standard InChI is InChI=1S/C23H18N2O3/c1-28-20-14-12-17(13-15-20)16-21-22(26)25(19-10-6-3-7-11-19)23(27)24(21)18-8-4-2-5-9-18/h2-16H,1H3/b21-16+. The zero-order valence-electron chi connectivity index (χ0n) is 15.3. The van der Waals surface area contributed by atoms with Crippen molar-refractivity contribution in [1.82, 2.24) is 0 Å². The minimum Gasteiger partial charge on any atom is -0.497 e. The summed E-state index contributed by atoms with van der Waals surface area (Å²) in [6.45, 7) is 0. The van der Waals surface area contributed by atoms with E-state index in [0.29, 0.717) is 17.1 Å². The van der Waals surface area contributed by atoms with E-state index in [2.05, 4.69) is 0 Å². The monoisotopic (exact) mass is 370 g/mol. The van der Waals surface area contributed by atoms with Crippen LogP contribution in [0, 0.1) is 0 Å². The Balaban J connectivity index is 1.81. The van der Waals surface area contributed by atoms with E-state index in [-0.39, 0.29) is 5.91 Å². The maximum absolute atomic E-state index is 13.2. The van der Waals surface area contributed by atoms with Gasteiger partial charge in [0, 0.05) is 0 Å². The van der Waals surface area contributed by atoms with Crippen LogP contribution in [0.15, 0.2) is 90.6 Å². The van der Waals surface area contributed by atoms with Crippen LogP contribution in [-0.4, -0.2) is 19.0 Å². The molecule has 0 bridgehead atoms. The topological polar surface area (TPSA) is 49.9 Å². The molecule has 28 heavy (non-hydrogen) atoms. The molecule has 3 aromatic carbocycles. The molecular formula is C23H18N2O3. The van der Waals surface area contributed by atoms with Crippen molar-refractivity contribution < 1.29 is 14.3 Å². The number of benzene rings is 3. The fourth-order valence-corrected chi connectivity index (χ4v) is 3.12. The van der Waals surface area contributed by atoms with Crippen molar-refractivity contribution in [3.63, 3.8) is 0 Å². The van der Waals surface area contributed by atoms with Crippen LogP contribution in [0.2, 0.25) is 0 Å². The molecule has 0 atom stereocenters. The minimum absolute atomic E-state index is 0.296. The normalized spacial score (nSPS) is 15.4. The Bertz CT molecular complexity index is 1030. The number of amides is 3. The Morgan fingerprint density at radius 3 is 1.79 bits per heavy atom. The third kappa shape index (κ3) is 3.14. The lowest BCUT2D eigenvalue weighted by molar-refractivity contribution is -0.113. The largest absolute Gasteiger partial charge is 0.497 e. The lowest BCUT2D eigenvalue weighted by Gasteiger charge is -2.17. The molecule has 0 unspecified atom stereocenters. The van der Waals surface area contributed by atoms with Crippen LogP contribution in [0.1, 0.15) is 5.56 Å². The molecule has 1 heterocycles. The summed E-state index contributed by atoms with van der Waals surface area (Å²) in [4.78, 5) is 29.0. The number of hydrogen-bond donors (Lipinski definition) is 0. The molecule has 0 spiro atoms. The first kappa shape index (κ1) is 17.5. The first-order valence-corrected chi connectivity index (χ1v) is 8.83. The van der Waals surface area contributed by atoms with E-state index >= 15 is 0 Å². The van der Waals surface area contributed by atoms with E-state index < -0.39 is 6.03 Å². The van der Waals surface area contributed by atoms with Crippen LogP contribution in [0.5, 0.6) is 5.75 Å². The molecule has 0 N–H and O–H groups in total. The molecule has 0 radical (unpaired) electrons. The van der Waals surface area contributed by atoms with E-state index in [4.69, 9.17) is 4.74 Å².